The molecule has 1 aromatic carbocycles. The Balaban J connectivity index is 2.27. The van der Waals surface area contributed by atoms with Gasteiger partial charge in [0.15, 0.2) is 0 Å². The number of unbranched alkanes of at least 4 members (excludes halogenated alkanes) is 1. The molecular formula is C12H15ClN2. The van der Waals surface area contributed by atoms with E-state index in [0.717, 1.165) is 36.5 Å². The van der Waals surface area contributed by atoms with E-state index in [-0.39, 0.29) is 0 Å². The van der Waals surface area contributed by atoms with E-state index in [4.69, 9.17) is 17.3 Å². The zero-order valence-corrected chi connectivity index (χ0v) is 9.37. The van der Waals surface area contributed by atoms with Crippen molar-refractivity contribution in [2.75, 3.05) is 6.54 Å². The monoisotopic (exact) mass is 222 g/mol. The fourth-order valence-electron chi connectivity index (χ4n) is 1.83. The van der Waals surface area contributed by atoms with E-state index in [1.165, 1.54) is 5.39 Å². The minimum atomic E-state index is 0.757. The number of halogens is 1. The molecule has 0 saturated heterocycles. The van der Waals surface area contributed by atoms with Crippen molar-refractivity contribution in [3.05, 3.63) is 35.5 Å². The number of nitrogens with zero attached hydrogens (tertiary/aromatic N) is 1. The van der Waals surface area contributed by atoms with E-state index in [1.807, 2.05) is 12.1 Å². The van der Waals surface area contributed by atoms with Gasteiger partial charge in [0.2, 0.25) is 0 Å². The Morgan fingerprint density at radius 2 is 2.07 bits per heavy atom. The van der Waals surface area contributed by atoms with Crippen LogP contribution in [0.5, 0.6) is 0 Å². The van der Waals surface area contributed by atoms with Crippen molar-refractivity contribution >= 4 is 22.5 Å². The number of hydrogen-bond acceptors (Lipinski definition) is 1. The smallest absolute Gasteiger partial charge is 0.0669 e. The van der Waals surface area contributed by atoms with Crippen LogP contribution in [-0.2, 0) is 6.54 Å². The van der Waals surface area contributed by atoms with Gasteiger partial charge >= 0.3 is 0 Å². The van der Waals surface area contributed by atoms with Crippen LogP contribution in [0.1, 0.15) is 12.8 Å². The minimum Gasteiger partial charge on any atom is -0.346 e. The Kier molecular flexibility index (Phi) is 3.29. The first kappa shape index (κ1) is 10.5. The summed E-state index contributed by atoms with van der Waals surface area (Å²) in [5.74, 6) is 0. The topological polar surface area (TPSA) is 30.9 Å². The molecule has 0 aliphatic carbocycles. The van der Waals surface area contributed by atoms with Crippen LogP contribution in [0.4, 0.5) is 0 Å². The molecule has 2 nitrogen and oxygen atoms in total. The van der Waals surface area contributed by atoms with Crippen LogP contribution in [0.15, 0.2) is 30.5 Å². The Hall–Kier alpha value is -0.990. The Bertz CT molecular complexity index is 448. The first-order chi connectivity index (χ1) is 7.33. The summed E-state index contributed by atoms with van der Waals surface area (Å²) in [5, 5.41) is 2.03. The molecule has 1 aromatic heterocycles. The predicted molar refractivity (Wildman–Crippen MR) is 65.2 cm³/mol. The van der Waals surface area contributed by atoms with E-state index in [9.17, 15) is 0 Å². The molecule has 0 aliphatic heterocycles. The summed E-state index contributed by atoms with van der Waals surface area (Å²) in [4.78, 5) is 0. The number of nitrogens with two attached hydrogens (primary N) is 1. The lowest BCUT2D eigenvalue weighted by molar-refractivity contribution is 0.630. The second-order valence-electron chi connectivity index (χ2n) is 3.68. The third kappa shape index (κ3) is 2.16. The van der Waals surface area contributed by atoms with Gasteiger partial charge in [-0.2, -0.15) is 0 Å². The van der Waals surface area contributed by atoms with Gasteiger partial charge in [-0.1, -0.05) is 23.7 Å². The second-order valence-corrected chi connectivity index (χ2v) is 4.09. The largest absolute Gasteiger partial charge is 0.346 e. The van der Waals surface area contributed by atoms with Crippen molar-refractivity contribution in [3.8, 4) is 0 Å². The molecule has 2 N–H and O–H groups in total. The predicted octanol–water partition coefficient (Wildman–Crippen LogP) is 3.03. The maximum atomic E-state index is 6.17. The fourth-order valence-corrected chi connectivity index (χ4v) is 2.12. The van der Waals surface area contributed by atoms with Crippen LogP contribution in [0.25, 0.3) is 10.9 Å². The van der Waals surface area contributed by atoms with Gasteiger partial charge in [-0.15, -0.1) is 0 Å². The summed E-state index contributed by atoms with van der Waals surface area (Å²) >= 11 is 6.17. The molecular weight excluding hydrogens is 208 g/mol. The van der Waals surface area contributed by atoms with Gasteiger partial charge in [-0.25, -0.2) is 0 Å². The molecule has 0 saturated carbocycles. The maximum absolute atomic E-state index is 6.17. The van der Waals surface area contributed by atoms with Gasteiger partial charge in [0.25, 0.3) is 0 Å². The van der Waals surface area contributed by atoms with Crippen LogP contribution >= 0.6 is 11.6 Å². The summed E-state index contributed by atoms with van der Waals surface area (Å²) in [6.45, 7) is 1.75. The molecule has 0 fully saturated rings. The lowest BCUT2D eigenvalue weighted by atomic mass is 10.2. The fraction of sp³-hybridized carbons (Fsp3) is 0.333. The summed E-state index contributed by atoms with van der Waals surface area (Å²) in [6, 6.07) is 8.10. The van der Waals surface area contributed by atoms with E-state index in [1.54, 1.807) is 0 Å². The number of para-hydroxylation sites is 1. The second kappa shape index (κ2) is 4.69. The Morgan fingerprint density at radius 3 is 2.87 bits per heavy atom. The number of fused-ring (bicyclic) bond motifs is 1. The highest BCUT2D eigenvalue weighted by molar-refractivity contribution is 6.35. The lowest BCUT2D eigenvalue weighted by Gasteiger charge is -2.05. The molecule has 0 bridgehead atoms. The molecule has 0 unspecified atom stereocenters. The highest BCUT2D eigenvalue weighted by Gasteiger charge is 2.03. The Labute approximate surface area is 94.6 Å². The van der Waals surface area contributed by atoms with Gasteiger partial charge < -0.3 is 10.3 Å². The molecule has 1 heterocycles. The van der Waals surface area contributed by atoms with E-state index < -0.39 is 0 Å². The maximum Gasteiger partial charge on any atom is 0.0669 e. The average molecular weight is 223 g/mol. The molecule has 15 heavy (non-hydrogen) atoms. The average Bonchev–Trinajstić information content (AvgIpc) is 2.63. The van der Waals surface area contributed by atoms with Crippen LogP contribution in [0.2, 0.25) is 5.02 Å². The Morgan fingerprint density at radius 1 is 1.20 bits per heavy atom. The molecule has 0 atom stereocenters. The molecule has 0 amide bonds. The van der Waals surface area contributed by atoms with Crippen LogP contribution in [0, 0.1) is 0 Å². The molecule has 0 radical (unpaired) electrons. The van der Waals surface area contributed by atoms with E-state index in [0.29, 0.717) is 0 Å². The van der Waals surface area contributed by atoms with Crippen LogP contribution < -0.4 is 5.73 Å². The first-order valence-corrected chi connectivity index (χ1v) is 5.64. The van der Waals surface area contributed by atoms with Crippen molar-refractivity contribution in [3.63, 3.8) is 0 Å². The van der Waals surface area contributed by atoms with Crippen molar-refractivity contribution in [1.29, 1.82) is 0 Å². The third-order valence-corrected chi connectivity index (χ3v) is 2.90. The van der Waals surface area contributed by atoms with Crippen LogP contribution in [0.3, 0.4) is 0 Å². The standard InChI is InChI=1S/C12H15ClN2/c13-11-5-3-4-10-6-9-15(12(10)11)8-2-1-7-14/h3-6,9H,1-2,7-8,14H2. The van der Waals surface area contributed by atoms with Crippen molar-refractivity contribution < 1.29 is 0 Å². The number of rotatable bonds is 4. The van der Waals surface area contributed by atoms with E-state index >= 15 is 0 Å². The zero-order valence-electron chi connectivity index (χ0n) is 8.62. The highest BCUT2D eigenvalue weighted by Crippen LogP contribution is 2.24. The van der Waals surface area contributed by atoms with Crippen molar-refractivity contribution in [2.24, 2.45) is 5.73 Å². The summed E-state index contributed by atoms with van der Waals surface area (Å²) in [6.07, 6.45) is 4.25. The number of aromatic nitrogens is 1. The number of hydrogen-bond donors (Lipinski definition) is 1. The molecule has 0 aliphatic rings. The molecule has 0 spiro atoms. The molecule has 2 aromatic rings. The van der Waals surface area contributed by atoms with Gasteiger partial charge in [-0.3, -0.25) is 0 Å². The van der Waals surface area contributed by atoms with Gasteiger partial charge in [0.1, 0.15) is 0 Å². The van der Waals surface area contributed by atoms with Gasteiger partial charge in [-0.05, 0) is 31.5 Å². The molecule has 3 heteroatoms. The van der Waals surface area contributed by atoms with Crippen molar-refractivity contribution in [1.82, 2.24) is 4.57 Å². The first-order valence-electron chi connectivity index (χ1n) is 5.26. The van der Waals surface area contributed by atoms with Gasteiger partial charge in [0, 0.05) is 18.1 Å². The zero-order chi connectivity index (χ0) is 10.7. The van der Waals surface area contributed by atoms with Crippen LogP contribution in [-0.4, -0.2) is 11.1 Å². The molecule has 80 valence electrons. The molecule has 2 rings (SSSR count). The third-order valence-electron chi connectivity index (χ3n) is 2.59. The van der Waals surface area contributed by atoms with Crippen molar-refractivity contribution in [2.45, 2.75) is 19.4 Å². The summed E-state index contributed by atoms with van der Waals surface area (Å²) in [5.41, 5.74) is 6.61. The SMILES string of the molecule is NCCCCn1ccc2cccc(Cl)c21. The normalized spacial score (nSPS) is 11.1. The van der Waals surface area contributed by atoms with E-state index in [2.05, 4.69) is 22.9 Å². The number of benzene rings is 1. The van der Waals surface area contributed by atoms with Gasteiger partial charge in [0.05, 0.1) is 10.5 Å². The quantitative estimate of drug-likeness (QED) is 0.793. The number of aryl methyl sites for hydroxylation is 1. The minimum absolute atomic E-state index is 0.757. The lowest BCUT2D eigenvalue weighted by Crippen LogP contribution is -2.02. The summed E-state index contributed by atoms with van der Waals surface area (Å²) < 4.78 is 2.20. The summed E-state index contributed by atoms with van der Waals surface area (Å²) in [7, 11) is 0. The highest BCUT2D eigenvalue weighted by atomic mass is 35.5.